The fourth-order valence-electron chi connectivity index (χ4n) is 3.31. The molecule has 0 fully saturated rings. The van der Waals surface area contributed by atoms with E-state index in [1.807, 2.05) is 6.07 Å². The van der Waals surface area contributed by atoms with Crippen LogP contribution in [0.2, 0.25) is 0 Å². The Labute approximate surface area is 126 Å². The Morgan fingerprint density at radius 3 is 2.86 bits per heavy atom. The van der Waals surface area contributed by atoms with E-state index in [-0.39, 0.29) is 0 Å². The minimum absolute atomic E-state index is 0.905. The number of aromatic amines is 1. The first-order valence-corrected chi connectivity index (χ1v) is 7.81. The molecule has 0 atom stereocenters. The van der Waals surface area contributed by atoms with Gasteiger partial charge in [0, 0.05) is 41.3 Å². The highest BCUT2D eigenvalue weighted by Crippen LogP contribution is 2.33. The normalized spacial score (nSPS) is 16.2. The minimum Gasteiger partial charge on any atom is -0.497 e. The molecule has 0 spiro atoms. The molecule has 3 heteroatoms. The van der Waals surface area contributed by atoms with Crippen LogP contribution in [-0.2, 0) is 0 Å². The largest absolute Gasteiger partial charge is 0.497 e. The number of nitrogens with one attached hydrogen (secondary N) is 1. The molecule has 1 aliphatic heterocycles. The first-order chi connectivity index (χ1) is 10.2. The molecule has 0 saturated carbocycles. The number of hydrogen-bond acceptors (Lipinski definition) is 2. The number of hydrogen-bond donors (Lipinski definition) is 1. The van der Waals surface area contributed by atoms with E-state index in [1.54, 1.807) is 7.11 Å². The van der Waals surface area contributed by atoms with E-state index >= 15 is 0 Å². The summed E-state index contributed by atoms with van der Waals surface area (Å²) >= 11 is 0. The van der Waals surface area contributed by atoms with Gasteiger partial charge in [0.2, 0.25) is 0 Å². The third kappa shape index (κ3) is 2.70. The summed E-state index contributed by atoms with van der Waals surface area (Å²) in [6.45, 7) is 7.86. The topological polar surface area (TPSA) is 28.3 Å². The first kappa shape index (κ1) is 14.2. The van der Waals surface area contributed by atoms with Crippen molar-refractivity contribution in [2.75, 3.05) is 26.7 Å². The van der Waals surface area contributed by atoms with E-state index in [4.69, 9.17) is 4.74 Å². The summed E-state index contributed by atoms with van der Waals surface area (Å²) in [5.74, 6) is 0.905. The molecule has 0 aliphatic carbocycles. The summed E-state index contributed by atoms with van der Waals surface area (Å²) in [4.78, 5) is 6.03. The maximum absolute atomic E-state index is 5.32. The van der Waals surface area contributed by atoms with Crippen molar-refractivity contribution in [3.63, 3.8) is 0 Å². The number of aromatic nitrogens is 1. The number of ether oxygens (including phenoxy) is 1. The van der Waals surface area contributed by atoms with Gasteiger partial charge in [-0.05, 0) is 44.0 Å². The maximum Gasteiger partial charge on any atom is 0.120 e. The molecular weight excluding hydrogens is 260 g/mol. The van der Waals surface area contributed by atoms with Crippen LogP contribution < -0.4 is 4.74 Å². The van der Waals surface area contributed by atoms with Crippen molar-refractivity contribution in [1.29, 1.82) is 0 Å². The summed E-state index contributed by atoms with van der Waals surface area (Å²) in [5, 5.41) is 1.31. The first-order valence-electron chi connectivity index (χ1n) is 7.81. The number of H-pyrrole nitrogens is 1. The minimum atomic E-state index is 0.905. The molecule has 0 radical (unpaired) electrons. The fourth-order valence-corrected chi connectivity index (χ4v) is 3.31. The lowest BCUT2D eigenvalue weighted by molar-refractivity contribution is 0.302. The van der Waals surface area contributed by atoms with Crippen molar-refractivity contribution in [1.82, 2.24) is 9.88 Å². The highest BCUT2D eigenvalue weighted by atomic mass is 16.5. The Kier molecular flexibility index (Phi) is 4.02. The van der Waals surface area contributed by atoms with Crippen LogP contribution in [0.1, 0.15) is 31.0 Å². The third-order valence-electron chi connectivity index (χ3n) is 4.35. The molecule has 21 heavy (non-hydrogen) atoms. The molecule has 3 nitrogen and oxygen atoms in total. The smallest absolute Gasteiger partial charge is 0.120 e. The summed E-state index contributed by atoms with van der Waals surface area (Å²) in [7, 11) is 1.71. The molecule has 2 heterocycles. The Balaban J connectivity index is 1.95. The van der Waals surface area contributed by atoms with Gasteiger partial charge < -0.3 is 9.72 Å². The highest BCUT2D eigenvalue weighted by Gasteiger charge is 2.17. The lowest BCUT2D eigenvalue weighted by Gasteiger charge is -2.26. The number of fused-ring (bicyclic) bond motifs is 1. The second-order valence-electron chi connectivity index (χ2n) is 5.82. The molecule has 0 bridgehead atoms. The Morgan fingerprint density at radius 2 is 2.19 bits per heavy atom. The van der Waals surface area contributed by atoms with Crippen LogP contribution in [0.25, 0.3) is 16.5 Å². The second kappa shape index (κ2) is 5.94. The van der Waals surface area contributed by atoms with E-state index in [9.17, 15) is 0 Å². The maximum atomic E-state index is 5.32. The molecule has 0 unspecified atom stereocenters. The monoisotopic (exact) mass is 284 g/mol. The molecule has 3 rings (SSSR count). The van der Waals surface area contributed by atoms with Crippen molar-refractivity contribution in [3.05, 3.63) is 35.5 Å². The number of methoxy groups -OCH3 is 1. The van der Waals surface area contributed by atoms with Gasteiger partial charge in [-0.3, -0.25) is 4.90 Å². The second-order valence-corrected chi connectivity index (χ2v) is 5.82. The van der Waals surface area contributed by atoms with Gasteiger partial charge in [-0.2, -0.15) is 0 Å². The zero-order valence-electron chi connectivity index (χ0n) is 13.2. The van der Waals surface area contributed by atoms with Crippen LogP contribution in [0.4, 0.5) is 0 Å². The lowest BCUT2D eigenvalue weighted by atomic mass is 9.96. The van der Waals surface area contributed by atoms with E-state index in [0.29, 0.717) is 0 Å². The van der Waals surface area contributed by atoms with Crippen molar-refractivity contribution in [2.45, 2.75) is 26.7 Å². The standard InChI is InChI=1S/C18H24N2O/c1-4-9-20-10-7-14(8-11-20)18-13(2)19-17-12-15(21-3)5-6-16(17)18/h5-7,12,19H,4,8-11H2,1-3H3. The zero-order chi connectivity index (χ0) is 14.8. The number of rotatable bonds is 4. The van der Waals surface area contributed by atoms with Gasteiger partial charge in [0.25, 0.3) is 0 Å². The van der Waals surface area contributed by atoms with E-state index in [2.05, 4.69) is 41.9 Å². The van der Waals surface area contributed by atoms with Gasteiger partial charge in [0.15, 0.2) is 0 Å². The van der Waals surface area contributed by atoms with Crippen LogP contribution in [-0.4, -0.2) is 36.6 Å². The van der Waals surface area contributed by atoms with Gasteiger partial charge in [0.05, 0.1) is 7.11 Å². The van der Waals surface area contributed by atoms with Gasteiger partial charge in [0.1, 0.15) is 5.75 Å². The average molecular weight is 284 g/mol. The molecule has 112 valence electrons. The summed E-state index contributed by atoms with van der Waals surface area (Å²) in [5.41, 5.74) is 5.30. The summed E-state index contributed by atoms with van der Waals surface area (Å²) in [6.07, 6.45) is 4.77. The Bertz CT molecular complexity index is 669. The van der Waals surface area contributed by atoms with Gasteiger partial charge >= 0.3 is 0 Å². The lowest BCUT2D eigenvalue weighted by Crippen LogP contribution is -2.29. The summed E-state index contributed by atoms with van der Waals surface area (Å²) < 4.78 is 5.32. The van der Waals surface area contributed by atoms with Gasteiger partial charge in [-0.15, -0.1) is 0 Å². The predicted octanol–water partition coefficient (Wildman–Crippen LogP) is 3.98. The molecule has 0 saturated heterocycles. The van der Waals surface area contributed by atoms with Crippen LogP contribution in [0, 0.1) is 6.92 Å². The number of benzene rings is 1. The van der Waals surface area contributed by atoms with E-state index in [1.165, 1.54) is 47.2 Å². The molecule has 1 aliphatic rings. The predicted molar refractivity (Wildman–Crippen MR) is 88.9 cm³/mol. The highest BCUT2D eigenvalue weighted by molar-refractivity contribution is 5.95. The molecule has 0 amide bonds. The van der Waals surface area contributed by atoms with Crippen molar-refractivity contribution < 1.29 is 4.74 Å². The van der Waals surface area contributed by atoms with Crippen LogP contribution >= 0.6 is 0 Å². The summed E-state index contributed by atoms with van der Waals surface area (Å²) in [6, 6.07) is 6.30. The van der Waals surface area contributed by atoms with Gasteiger partial charge in [-0.1, -0.05) is 13.0 Å². The van der Waals surface area contributed by atoms with Crippen LogP contribution in [0.5, 0.6) is 5.75 Å². The van der Waals surface area contributed by atoms with E-state index < -0.39 is 0 Å². The number of aryl methyl sites for hydroxylation is 1. The number of nitrogens with zero attached hydrogens (tertiary/aromatic N) is 1. The Morgan fingerprint density at radius 1 is 1.33 bits per heavy atom. The molecular formula is C18H24N2O. The Hall–Kier alpha value is -1.74. The molecule has 1 aromatic heterocycles. The third-order valence-corrected chi connectivity index (χ3v) is 4.35. The van der Waals surface area contributed by atoms with Gasteiger partial charge in [-0.25, -0.2) is 0 Å². The van der Waals surface area contributed by atoms with Crippen molar-refractivity contribution >= 4 is 16.5 Å². The van der Waals surface area contributed by atoms with Crippen molar-refractivity contribution in [2.24, 2.45) is 0 Å². The van der Waals surface area contributed by atoms with Crippen LogP contribution in [0.3, 0.4) is 0 Å². The quantitative estimate of drug-likeness (QED) is 0.919. The molecule has 1 N–H and O–H groups in total. The fraction of sp³-hybridized carbons (Fsp3) is 0.444. The van der Waals surface area contributed by atoms with E-state index in [0.717, 1.165) is 18.7 Å². The van der Waals surface area contributed by atoms with Crippen LogP contribution in [0.15, 0.2) is 24.3 Å². The molecule has 1 aromatic carbocycles. The molecule has 2 aromatic rings. The zero-order valence-corrected chi connectivity index (χ0v) is 13.2. The van der Waals surface area contributed by atoms with Crippen molar-refractivity contribution in [3.8, 4) is 5.75 Å². The average Bonchev–Trinajstić information content (AvgIpc) is 2.83. The SMILES string of the molecule is CCCN1CC=C(c2c(C)[nH]c3cc(OC)ccc23)CC1.